The first-order valence-electron chi connectivity index (χ1n) is 11.5. The van der Waals surface area contributed by atoms with E-state index in [1.807, 2.05) is 108 Å². The Morgan fingerprint density at radius 1 is 0.486 bits per heavy atom. The van der Waals surface area contributed by atoms with Crippen LogP contribution in [0.15, 0.2) is 119 Å². The van der Waals surface area contributed by atoms with Crippen molar-refractivity contribution >= 4 is 35.4 Å². The molecule has 4 aromatic rings. The van der Waals surface area contributed by atoms with Gasteiger partial charge in [0, 0.05) is 23.5 Å². The van der Waals surface area contributed by atoms with Crippen LogP contribution in [0.4, 0.5) is 22.7 Å². The highest BCUT2D eigenvalue weighted by molar-refractivity contribution is 5.84. The van der Waals surface area contributed by atoms with Gasteiger partial charge in [0.2, 0.25) is 0 Å². The molecule has 0 saturated heterocycles. The van der Waals surface area contributed by atoms with Crippen LogP contribution >= 0.6 is 0 Å². The van der Waals surface area contributed by atoms with Gasteiger partial charge in [0.25, 0.3) is 0 Å². The van der Waals surface area contributed by atoms with Crippen molar-refractivity contribution in [2.45, 2.75) is 0 Å². The molecule has 0 saturated carbocycles. The molecule has 0 spiro atoms. The third-order valence-corrected chi connectivity index (χ3v) is 5.88. The van der Waals surface area contributed by atoms with Gasteiger partial charge in [-0.2, -0.15) is 10.2 Å². The molecular formula is C28H24N6O. The third-order valence-electron chi connectivity index (χ3n) is 5.88. The highest BCUT2D eigenvalue weighted by atomic mass is 16.5. The quantitative estimate of drug-likeness (QED) is 0.357. The van der Waals surface area contributed by atoms with Crippen LogP contribution < -0.4 is 24.6 Å². The number of para-hydroxylation sites is 2. The molecule has 0 radical (unpaired) electrons. The molecule has 172 valence electrons. The van der Waals surface area contributed by atoms with Crippen LogP contribution in [0.2, 0.25) is 0 Å². The highest BCUT2D eigenvalue weighted by Gasteiger charge is 2.19. The fourth-order valence-corrected chi connectivity index (χ4v) is 4.07. The van der Waals surface area contributed by atoms with Gasteiger partial charge in [-0.3, -0.25) is 0 Å². The average Bonchev–Trinajstić information content (AvgIpc) is 3.61. The molecule has 0 aromatic heterocycles. The van der Waals surface area contributed by atoms with Gasteiger partial charge in [-0.1, -0.05) is 48.5 Å². The van der Waals surface area contributed by atoms with Gasteiger partial charge in [-0.25, -0.2) is 10.0 Å². The zero-order valence-electron chi connectivity index (χ0n) is 19.1. The summed E-state index contributed by atoms with van der Waals surface area (Å²) in [6.07, 6.45) is 3.70. The Kier molecular flexibility index (Phi) is 5.48. The van der Waals surface area contributed by atoms with Gasteiger partial charge in [0.15, 0.2) is 0 Å². The van der Waals surface area contributed by atoms with Crippen LogP contribution in [0.3, 0.4) is 0 Å². The molecule has 2 aliphatic heterocycles. The van der Waals surface area contributed by atoms with Crippen LogP contribution in [0.25, 0.3) is 0 Å². The number of hydrazone groups is 2. The van der Waals surface area contributed by atoms with Gasteiger partial charge in [-0.15, -0.1) is 0 Å². The van der Waals surface area contributed by atoms with Crippen molar-refractivity contribution in [3.63, 3.8) is 0 Å². The summed E-state index contributed by atoms with van der Waals surface area (Å²) in [4.78, 5) is 4.21. The second-order valence-corrected chi connectivity index (χ2v) is 8.25. The maximum atomic E-state index is 6.22. The fraction of sp³-hybridized carbons (Fsp3) is 0.0714. The normalized spacial score (nSPS) is 14.7. The van der Waals surface area contributed by atoms with E-state index in [1.165, 1.54) is 0 Å². The van der Waals surface area contributed by atoms with Crippen LogP contribution in [-0.2, 0) is 0 Å². The maximum absolute atomic E-state index is 6.22. The highest BCUT2D eigenvalue weighted by Crippen LogP contribution is 2.31. The Morgan fingerprint density at radius 2 is 0.914 bits per heavy atom. The molecule has 6 rings (SSSR count). The summed E-state index contributed by atoms with van der Waals surface area (Å²) in [5.41, 5.74) is 4.16. The Morgan fingerprint density at radius 3 is 1.37 bits per heavy atom. The van der Waals surface area contributed by atoms with E-state index in [2.05, 4.69) is 44.3 Å². The molecule has 7 heteroatoms. The Bertz CT molecular complexity index is 1250. The lowest BCUT2D eigenvalue weighted by Gasteiger charge is -2.20. The van der Waals surface area contributed by atoms with Gasteiger partial charge in [-0.05, 0) is 48.5 Å². The van der Waals surface area contributed by atoms with Crippen LogP contribution in [0.5, 0.6) is 11.5 Å². The second kappa shape index (κ2) is 9.23. The molecule has 2 aliphatic rings. The van der Waals surface area contributed by atoms with E-state index in [9.17, 15) is 0 Å². The van der Waals surface area contributed by atoms with Crippen molar-refractivity contribution in [2.24, 2.45) is 10.2 Å². The van der Waals surface area contributed by atoms with Crippen molar-refractivity contribution in [3.05, 3.63) is 109 Å². The zero-order valence-corrected chi connectivity index (χ0v) is 19.1. The van der Waals surface area contributed by atoms with E-state index < -0.39 is 0 Å². The molecule has 2 heterocycles. The summed E-state index contributed by atoms with van der Waals surface area (Å²) in [5, 5.41) is 13.0. The van der Waals surface area contributed by atoms with Gasteiger partial charge in [0.05, 0.1) is 11.4 Å². The molecule has 0 atom stereocenters. The smallest absolute Gasteiger partial charge is 0.129 e. The van der Waals surface area contributed by atoms with Crippen molar-refractivity contribution in [1.82, 2.24) is 0 Å². The standard InChI is InChI=1S/C28H24N6O/c1-3-9-23(10-4-1)31-19-29-33(21-31)25-13-7-15-27(17-25)35-28-16-8-14-26(18-28)34-22-32(20-30-34)24-11-5-2-6-12-24/h1-20H,21-22H2. The second-order valence-electron chi connectivity index (χ2n) is 8.25. The summed E-state index contributed by atoms with van der Waals surface area (Å²) in [5.74, 6) is 1.51. The largest absolute Gasteiger partial charge is 0.457 e. The lowest BCUT2D eigenvalue weighted by molar-refractivity contribution is 0.482. The predicted octanol–water partition coefficient (Wildman–Crippen LogP) is 5.93. The summed E-state index contributed by atoms with van der Waals surface area (Å²) >= 11 is 0. The average molecular weight is 461 g/mol. The lowest BCUT2D eigenvalue weighted by Crippen LogP contribution is -2.26. The van der Waals surface area contributed by atoms with Crippen molar-refractivity contribution in [2.75, 3.05) is 33.2 Å². The van der Waals surface area contributed by atoms with Crippen molar-refractivity contribution < 1.29 is 4.74 Å². The Hall–Kier alpha value is -4.78. The summed E-state index contributed by atoms with van der Waals surface area (Å²) < 4.78 is 6.22. The molecule has 0 N–H and O–H groups in total. The van der Waals surface area contributed by atoms with Crippen LogP contribution in [0, 0.1) is 0 Å². The zero-order chi connectivity index (χ0) is 23.5. The number of hydrogen-bond donors (Lipinski definition) is 0. The molecule has 0 aliphatic carbocycles. The number of ether oxygens (including phenoxy) is 1. The Balaban J connectivity index is 1.13. The van der Waals surface area contributed by atoms with E-state index in [0.29, 0.717) is 13.3 Å². The fourth-order valence-electron chi connectivity index (χ4n) is 4.07. The lowest BCUT2D eigenvalue weighted by atomic mass is 10.2. The molecular weight excluding hydrogens is 436 g/mol. The monoisotopic (exact) mass is 460 g/mol. The first kappa shape index (κ1) is 20.8. The molecule has 0 fully saturated rings. The minimum atomic E-state index is 0.647. The van der Waals surface area contributed by atoms with Crippen LogP contribution in [-0.4, -0.2) is 26.0 Å². The SMILES string of the molecule is C1=NN(c2cccc(Oc3cccc(N4CN(c5ccccc5)C=N4)c3)c2)CN1c1ccccc1. The Labute approximate surface area is 204 Å². The minimum absolute atomic E-state index is 0.647. The summed E-state index contributed by atoms with van der Waals surface area (Å²) in [7, 11) is 0. The first-order chi connectivity index (χ1) is 17.3. The topological polar surface area (TPSA) is 46.9 Å². The van der Waals surface area contributed by atoms with Crippen molar-refractivity contribution in [3.8, 4) is 11.5 Å². The number of rotatable bonds is 6. The maximum Gasteiger partial charge on any atom is 0.129 e. The number of benzene rings is 4. The van der Waals surface area contributed by atoms with E-state index in [1.54, 1.807) is 0 Å². The minimum Gasteiger partial charge on any atom is -0.457 e. The molecule has 0 bridgehead atoms. The number of hydrogen-bond acceptors (Lipinski definition) is 7. The molecule has 0 unspecified atom stereocenters. The van der Waals surface area contributed by atoms with Gasteiger partial charge < -0.3 is 14.5 Å². The van der Waals surface area contributed by atoms with Gasteiger partial charge in [0.1, 0.15) is 37.5 Å². The third kappa shape index (κ3) is 4.52. The number of anilines is 4. The summed E-state index contributed by atoms with van der Waals surface area (Å²) in [6.45, 7) is 1.29. The molecule has 0 amide bonds. The van der Waals surface area contributed by atoms with Gasteiger partial charge >= 0.3 is 0 Å². The van der Waals surface area contributed by atoms with Crippen LogP contribution in [0.1, 0.15) is 0 Å². The van der Waals surface area contributed by atoms with E-state index >= 15 is 0 Å². The van der Waals surface area contributed by atoms with Crippen molar-refractivity contribution in [1.29, 1.82) is 0 Å². The number of nitrogens with zero attached hydrogens (tertiary/aromatic N) is 6. The summed E-state index contributed by atoms with van der Waals surface area (Å²) in [6, 6.07) is 36.4. The molecule has 7 nitrogen and oxygen atoms in total. The van der Waals surface area contributed by atoms with E-state index in [4.69, 9.17) is 4.74 Å². The van der Waals surface area contributed by atoms with E-state index in [0.717, 1.165) is 34.2 Å². The molecule has 35 heavy (non-hydrogen) atoms. The first-order valence-corrected chi connectivity index (χ1v) is 11.5. The van der Waals surface area contributed by atoms with E-state index in [-0.39, 0.29) is 0 Å². The predicted molar refractivity (Wildman–Crippen MR) is 142 cm³/mol. The molecule has 4 aromatic carbocycles.